The van der Waals surface area contributed by atoms with Crippen molar-refractivity contribution >= 4 is 17.5 Å². The van der Waals surface area contributed by atoms with Gasteiger partial charge in [0, 0.05) is 6.07 Å². The molecule has 0 aliphatic carbocycles. The molecule has 2 aliphatic heterocycles. The van der Waals surface area contributed by atoms with Crippen LogP contribution in [0.2, 0.25) is 0 Å². The number of hydrogen-bond donors (Lipinski definition) is 0. The first kappa shape index (κ1) is 22.3. The van der Waals surface area contributed by atoms with E-state index in [1.54, 1.807) is 14.2 Å². The molecule has 2 amide bonds. The van der Waals surface area contributed by atoms with E-state index in [4.69, 9.17) is 9.47 Å². The van der Waals surface area contributed by atoms with Crippen molar-refractivity contribution in [3.8, 4) is 11.5 Å². The Labute approximate surface area is 190 Å². The van der Waals surface area contributed by atoms with E-state index in [0.717, 1.165) is 55.8 Å². The molecular weight excluding hydrogens is 404 g/mol. The summed E-state index contributed by atoms with van der Waals surface area (Å²) >= 11 is 0. The standard InChI is InChI=1S/C26H32N2O4/c1-18-4-9-21(10-5-18)28-25(29)17-23(26(28)30)27-14-12-19(13-15-27)6-7-20-8-11-22(31-2)16-24(20)32-3/h4-5,8-11,16,19,23H,6-7,12-15,17H2,1-3H3/t23-/m0/s1. The van der Waals surface area contributed by atoms with Crippen molar-refractivity contribution in [2.75, 3.05) is 32.2 Å². The molecule has 0 N–H and O–H groups in total. The molecule has 2 aromatic rings. The number of benzene rings is 2. The van der Waals surface area contributed by atoms with Gasteiger partial charge in [0.1, 0.15) is 11.5 Å². The first-order valence-electron chi connectivity index (χ1n) is 11.4. The molecule has 2 aliphatic rings. The van der Waals surface area contributed by atoms with Crippen LogP contribution in [-0.2, 0) is 16.0 Å². The molecule has 2 aromatic carbocycles. The summed E-state index contributed by atoms with van der Waals surface area (Å²) in [5.41, 5.74) is 2.98. The number of carbonyl (C=O) groups excluding carboxylic acids is 2. The maximum absolute atomic E-state index is 13.1. The number of anilines is 1. The van der Waals surface area contributed by atoms with Gasteiger partial charge in [-0.2, -0.15) is 0 Å². The summed E-state index contributed by atoms with van der Waals surface area (Å²) in [5.74, 6) is 2.10. The lowest BCUT2D eigenvalue weighted by Crippen LogP contribution is -2.46. The number of piperidine rings is 1. The lowest BCUT2D eigenvalue weighted by Gasteiger charge is -2.35. The van der Waals surface area contributed by atoms with Crippen molar-refractivity contribution in [1.82, 2.24) is 4.90 Å². The summed E-state index contributed by atoms with van der Waals surface area (Å²) in [6.07, 6.45) is 4.41. The largest absolute Gasteiger partial charge is 0.497 e. The molecule has 6 heteroatoms. The number of aryl methyl sites for hydroxylation is 2. The second-order valence-electron chi connectivity index (χ2n) is 8.82. The van der Waals surface area contributed by atoms with Crippen LogP contribution in [0.1, 0.15) is 36.8 Å². The fourth-order valence-corrected chi connectivity index (χ4v) is 4.84. The molecule has 0 bridgehead atoms. The average Bonchev–Trinajstić information content (AvgIpc) is 3.12. The Balaban J connectivity index is 1.32. The zero-order chi connectivity index (χ0) is 22.7. The Morgan fingerprint density at radius 2 is 1.69 bits per heavy atom. The second-order valence-corrected chi connectivity index (χ2v) is 8.82. The fourth-order valence-electron chi connectivity index (χ4n) is 4.84. The fraction of sp³-hybridized carbons (Fsp3) is 0.462. The van der Waals surface area contributed by atoms with Crippen LogP contribution >= 0.6 is 0 Å². The molecule has 0 unspecified atom stereocenters. The predicted molar refractivity (Wildman–Crippen MR) is 124 cm³/mol. The number of likely N-dealkylation sites (tertiary alicyclic amines) is 1. The van der Waals surface area contributed by atoms with E-state index in [2.05, 4.69) is 11.0 Å². The van der Waals surface area contributed by atoms with Crippen LogP contribution < -0.4 is 14.4 Å². The van der Waals surface area contributed by atoms with E-state index in [-0.39, 0.29) is 24.3 Å². The Morgan fingerprint density at radius 1 is 0.969 bits per heavy atom. The quantitative estimate of drug-likeness (QED) is 0.615. The summed E-state index contributed by atoms with van der Waals surface area (Å²) < 4.78 is 10.8. The van der Waals surface area contributed by atoms with Gasteiger partial charge in [-0.15, -0.1) is 0 Å². The van der Waals surface area contributed by atoms with Crippen LogP contribution in [0.25, 0.3) is 0 Å². The Bertz CT molecular complexity index is 964. The lowest BCUT2D eigenvalue weighted by molar-refractivity contribution is -0.123. The van der Waals surface area contributed by atoms with E-state index in [1.165, 1.54) is 10.5 Å². The molecule has 0 spiro atoms. The van der Waals surface area contributed by atoms with Crippen molar-refractivity contribution in [3.05, 3.63) is 53.6 Å². The summed E-state index contributed by atoms with van der Waals surface area (Å²) in [6.45, 7) is 3.71. The normalized spacial score (nSPS) is 20.1. The lowest BCUT2D eigenvalue weighted by atomic mass is 9.89. The van der Waals surface area contributed by atoms with Gasteiger partial charge < -0.3 is 9.47 Å². The monoisotopic (exact) mass is 436 g/mol. The maximum Gasteiger partial charge on any atom is 0.251 e. The Kier molecular flexibility index (Phi) is 6.80. The van der Waals surface area contributed by atoms with Crippen molar-refractivity contribution in [1.29, 1.82) is 0 Å². The van der Waals surface area contributed by atoms with Crippen LogP contribution in [0.5, 0.6) is 11.5 Å². The molecule has 4 rings (SSSR count). The topological polar surface area (TPSA) is 59.1 Å². The zero-order valence-corrected chi connectivity index (χ0v) is 19.2. The molecule has 2 heterocycles. The van der Waals surface area contributed by atoms with Gasteiger partial charge in [-0.1, -0.05) is 23.8 Å². The third-order valence-electron chi connectivity index (χ3n) is 6.82. The first-order chi connectivity index (χ1) is 15.5. The van der Waals surface area contributed by atoms with Crippen LogP contribution in [0.3, 0.4) is 0 Å². The SMILES string of the molecule is COc1ccc(CCC2CCN([C@H]3CC(=O)N(c4ccc(C)cc4)C3=O)CC2)c(OC)c1. The number of ether oxygens (including phenoxy) is 2. The van der Waals surface area contributed by atoms with E-state index in [0.29, 0.717) is 11.6 Å². The molecule has 0 saturated carbocycles. The maximum atomic E-state index is 13.1. The highest BCUT2D eigenvalue weighted by atomic mass is 16.5. The number of hydrogen-bond acceptors (Lipinski definition) is 5. The van der Waals surface area contributed by atoms with Gasteiger partial charge in [-0.05, 0) is 75.4 Å². The number of nitrogens with zero attached hydrogens (tertiary/aromatic N) is 2. The van der Waals surface area contributed by atoms with E-state index >= 15 is 0 Å². The van der Waals surface area contributed by atoms with Gasteiger partial charge >= 0.3 is 0 Å². The van der Waals surface area contributed by atoms with Crippen LogP contribution in [-0.4, -0.2) is 50.1 Å². The van der Waals surface area contributed by atoms with Crippen LogP contribution in [0.4, 0.5) is 5.69 Å². The highest BCUT2D eigenvalue weighted by Crippen LogP contribution is 2.32. The molecule has 0 aromatic heterocycles. The van der Waals surface area contributed by atoms with Gasteiger partial charge in [0.25, 0.3) is 5.91 Å². The van der Waals surface area contributed by atoms with E-state index in [9.17, 15) is 9.59 Å². The van der Waals surface area contributed by atoms with Crippen LogP contribution in [0, 0.1) is 12.8 Å². The summed E-state index contributed by atoms with van der Waals surface area (Å²) in [5, 5.41) is 0. The minimum Gasteiger partial charge on any atom is -0.497 e. The minimum atomic E-state index is -0.327. The van der Waals surface area contributed by atoms with Crippen molar-refractivity contribution in [2.45, 2.75) is 45.1 Å². The smallest absolute Gasteiger partial charge is 0.251 e. The number of rotatable bonds is 7. The van der Waals surface area contributed by atoms with E-state index < -0.39 is 0 Å². The Hall–Kier alpha value is -2.86. The average molecular weight is 437 g/mol. The summed E-state index contributed by atoms with van der Waals surface area (Å²) in [6, 6.07) is 13.2. The molecule has 0 radical (unpaired) electrons. The van der Waals surface area contributed by atoms with Gasteiger partial charge in [0.05, 0.1) is 32.4 Å². The molecule has 1 atom stereocenters. The van der Waals surface area contributed by atoms with Crippen molar-refractivity contribution in [3.63, 3.8) is 0 Å². The molecular formula is C26H32N2O4. The van der Waals surface area contributed by atoms with Gasteiger partial charge in [0.2, 0.25) is 5.91 Å². The molecule has 2 fully saturated rings. The molecule has 32 heavy (non-hydrogen) atoms. The summed E-state index contributed by atoms with van der Waals surface area (Å²) in [7, 11) is 3.35. The number of carbonyl (C=O) groups is 2. The van der Waals surface area contributed by atoms with Crippen molar-refractivity contribution < 1.29 is 19.1 Å². The molecule has 170 valence electrons. The predicted octanol–water partition coefficient (Wildman–Crippen LogP) is 3.99. The first-order valence-corrected chi connectivity index (χ1v) is 11.4. The summed E-state index contributed by atoms with van der Waals surface area (Å²) in [4.78, 5) is 29.2. The van der Waals surface area contributed by atoms with Gasteiger partial charge in [-0.25, -0.2) is 4.90 Å². The van der Waals surface area contributed by atoms with Gasteiger partial charge in [0.15, 0.2) is 0 Å². The third-order valence-corrected chi connectivity index (χ3v) is 6.82. The highest BCUT2D eigenvalue weighted by molar-refractivity contribution is 6.22. The number of methoxy groups -OCH3 is 2. The minimum absolute atomic E-state index is 0.0831. The van der Waals surface area contributed by atoms with Crippen molar-refractivity contribution in [2.24, 2.45) is 5.92 Å². The Morgan fingerprint density at radius 3 is 2.34 bits per heavy atom. The number of amides is 2. The van der Waals surface area contributed by atoms with Gasteiger partial charge in [-0.3, -0.25) is 14.5 Å². The second kappa shape index (κ2) is 9.74. The zero-order valence-electron chi connectivity index (χ0n) is 19.2. The van der Waals surface area contributed by atoms with Crippen LogP contribution in [0.15, 0.2) is 42.5 Å². The highest BCUT2D eigenvalue weighted by Gasteiger charge is 2.43. The molecule has 2 saturated heterocycles. The third kappa shape index (κ3) is 4.65. The molecule has 6 nitrogen and oxygen atoms in total. The van der Waals surface area contributed by atoms with E-state index in [1.807, 2.05) is 43.3 Å². The number of imide groups is 1.